The summed E-state index contributed by atoms with van der Waals surface area (Å²) in [6.07, 6.45) is 1.02. The van der Waals surface area contributed by atoms with Crippen molar-refractivity contribution in [3.05, 3.63) is 35.1 Å². The first kappa shape index (κ1) is 19.1. The highest BCUT2D eigenvalue weighted by molar-refractivity contribution is 14.0. The van der Waals surface area contributed by atoms with E-state index in [1.807, 2.05) is 6.92 Å². The molecule has 0 aliphatic heterocycles. The lowest BCUT2D eigenvalue weighted by molar-refractivity contribution is 0.275. The van der Waals surface area contributed by atoms with Crippen LogP contribution in [-0.2, 0) is 13.2 Å². The van der Waals surface area contributed by atoms with Crippen molar-refractivity contribution in [3.63, 3.8) is 0 Å². The van der Waals surface area contributed by atoms with E-state index in [0.717, 1.165) is 31.0 Å². The maximum atomic E-state index is 13.2. The minimum Gasteiger partial charge on any atom is -0.392 e. The van der Waals surface area contributed by atoms with Crippen LogP contribution >= 0.6 is 24.0 Å². The van der Waals surface area contributed by atoms with Crippen LogP contribution in [0.5, 0.6) is 0 Å². The summed E-state index contributed by atoms with van der Waals surface area (Å²) in [6.45, 7) is 5.90. The number of nitrogens with one attached hydrogen (secondary N) is 2. The van der Waals surface area contributed by atoms with E-state index in [2.05, 4.69) is 22.5 Å². The largest absolute Gasteiger partial charge is 0.392 e. The minimum atomic E-state index is -0.383. The van der Waals surface area contributed by atoms with E-state index in [-0.39, 0.29) is 36.4 Å². The van der Waals surface area contributed by atoms with Crippen molar-refractivity contribution in [2.24, 2.45) is 4.99 Å². The highest BCUT2D eigenvalue weighted by Crippen LogP contribution is 2.11. The molecule has 1 rings (SSSR count). The second-order valence-corrected chi connectivity index (χ2v) is 4.21. The Kier molecular flexibility index (Phi) is 10.4. The lowest BCUT2D eigenvalue weighted by Gasteiger charge is -2.10. The smallest absolute Gasteiger partial charge is 0.191 e. The van der Waals surface area contributed by atoms with Gasteiger partial charge in [0.15, 0.2) is 5.96 Å². The Labute approximate surface area is 136 Å². The molecule has 0 aliphatic carbocycles. The van der Waals surface area contributed by atoms with Crippen LogP contribution in [-0.4, -0.2) is 24.2 Å². The maximum absolute atomic E-state index is 13.2. The van der Waals surface area contributed by atoms with Gasteiger partial charge < -0.3 is 15.7 Å². The van der Waals surface area contributed by atoms with E-state index >= 15 is 0 Å². The van der Waals surface area contributed by atoms with Crippen molar-refractivity contribution in [2.75, 3.05) is 13.1 Å². The highest BCUT2D eigenvalue weighted by Gasteiger charge is 2.02. The number of aliphatic hydroxyl groups is 1. The topological polar surface area (TPSA) is 56.7 Å². The van der Waals surface area contributed by atoms with Gasteiger partial charge >= 0.3 is 0 Å². The summed E-state index contributed by atoms with van der Waals surface area (Å²) in [5.41, 5.74) is 1.18. The molecule has 1 aromatic carbocycles. The van der Waals surface area contributed by atoms with Crippen LogP contribution in [0.1, 0.15) is 31.4 Å². The van der Waals surface area contributed by atoms with Crippen LogP contribution in [0, 0.1) is 5.82 Å². The summed E-state index contributed by atoms with van der Waals surface area (Å²) < 4.78 is 13.2. The Bertz CT molecular complexity index is 427. The minimum absolute atomic E-state index is 0. The summed E-state index contributed by atoms with van der Waals surface area (Å²) in [5.74, 6) is 0.366. The highest BCUT2D eigenvalue weighted by atomic mass is 127. The summed E-state index contributed by atoms with van der Waals surface area (Å²) >= 11 is 0. The molecule has 0 atom stereocenters. The fourth-order valence-corrected chi connectivity index (χ4v) is 1.60. The molecule has 0 aromatic heterocycles. The maximum Gasteiger partial charge on any atom is 0.191 e. The number of halogens is 2. The van der Waals surface area contributed by atoms with Crippen molar-refractivity contribution in [3.8, 4) is 0 Å². The zero-order chi connectivity index (χ0) is 14.1. The quantitative estimate of drug-likeness (QED) is 0.394. The van der Waals surface area contributed by atoms with E-state index in [1.54, 1.807) is 12.1 Å². The molecule has 1 aromatic rings. The van der Waals surface area contributed by atoms with Gasteiger partial charge in [-0.2, -0.15) is 0 Å². The van der Waals surface area contributed by atoms with Crippen molar-refractivity contribution < 1.29 is 9.50 Å². The molecule has 114 valence electrons. The number of aliphatic imine (C=N–C) groups is 1. The monoisotopic (exact) mass is 395 g/mol. The Morgan fingerprint density at radius 1 is 1.30 bits per heavy atom. The Morgan fingerprint density at radius 2 is 2.05 bits per heavy atom. The predicted molar refractivity (Wildman–Crippen MR) is 90.8 cm³/mol. The molecule has 0 bridgehead atoms. The van der Waals surface area contributed by atoms with Crippen LogP contribution in [0.15, 0.2) is 23.2 Å². The first-order valence-electron chi connectivity index (χ1n) is 6.61. The van der Waals surface area contributed by atoms with Gasteiger partial charge in [0.2, 0.25) is 0 Å². The lowest BCUT2D eigenvalue weighted by atomic mass is 10.1. The Hall–Kier alpha value is -0.890. The number of guanidine groups is 1. The average molecular weight is 395 g/mol. The molecule has 0 aliphatic rings. The van der Waals surface area contributed by atoms with E-state index in [1.165, 1.54) is 6.07 Å². The van der Waals surface area contributed by atoms with Crippen molar-refractivity contribution in [1.82, 2.24) is 10.6 Å². The van der Waals surface area contributed by atoms with E-state index in [0.29, 0.717) is 12.1 Å². The average Bonchev–Trinajstić information content (AvgIpc) is 2.43. The van der Waals surface area contributed by atoms with Gasteiger partial charge in [-0.05, 0) is 31.0 Å². The molecular formula is C14H23FIN3O. The van der Waals surface area contributed by atoms with Gasteiger partial charge in [0.1, 0.15) is 5.82 Å². The summed E-state index contributed by atoms with van der Waals surface area (Å²) in [5, 5.41) is 15.4. The SMILES string of the molecule is CCCNC(=NCc1ccc(F)c(CO)c1)NCC.I. The molecule has 0 radical (unpaired) electrons. The third-order valence-electron chi connectivity index (χ3n) is 2.59. The second-order valence-electron chi connectivity index (χ2n) is 4.21. The normalized spacial score (nSPS) is 10.9. The summed E-state index contributed by atoms with van der Waals surface area (Å²) in [4.78, 5) is 4.42. The van der Waals surface area contributed by atoms with Gasteiger partial charge in [-0.3, -0.25) is 0 Å². The van der Waals surface area contributed by atoms with Gasteiger partial charge in [-0.1, -0.05) is 13.0 Å². The Morgan fingerprint density at radius 3 is 2.65 bits per heavy atom. The van der Waals surface area contributed by atoms with Crippen molar-refractivity contribution in [1.29, 1.82) is 0 Å². The first-order valence-corrected chi connectivity index (χ1v) is 6.61. The van der Waals surface area contributed by atoms with Crippen LogP contribution in [0.3, 0.4) is 0 Å². The van der Waals surface area contributed by atoms with Crippen LogP contribution in [0.4, 0.5) is 4.39 Å². The van der Waals surface area contributed by atoms with Gasteiger partial charge in [-0.25, -0.2) is 9.38 Å². The number of rotatable bonds is 6. The van der Waals surface area contributed by atoms with Crippen LogP contribution < -0.4 is 10.6 Å². The number of hydrogen-bond acceptors (Lipinski definition) is 2. The van der Waals surface area contributed by atoms with E-state index < -0.39 is 0 Å². The molecule has 20 heavy (non-hydrogen) atoms. The molecule has 3 N–H and O–H groups in total. The van der Waals surface area contributed by atoms with Gasteiger partial charge in [0.05, 0.1) is 13.2 Å². The van der Waals surface area contributed by atoms with Gasteiger partial charge in [0, 0.05) is 18.7 Å². The van der Waals surface area contributed by atoms with Gasteiger partial charge in [-0.15, -0.1) is 24.0 Å². The van der Waals surface area contributed by atoms with Crippen molar-refractivity contribution >= 4 is 29.9 Å². The molecule has 0 fully saturated rings. The number of benzene rings is 1. The fourth-order valence-electron chi connectivity index (χ4n) is 1.60. The molecule has 0 unspecified atom stereocenters. The second kappa shape index (κ2) is 10.8. The predicted octanol–water partition coefficient (Wildman–Crippen LogP) is 2.40. The number of hydrogen-bond donors (Lipinski definition) is 3. The molecule has 0 spiro atoms. The summed E-state index contributed by atoms with van der Waals surface area (Å²) in [6, 6.07) is 4.69. The van der Waals surface area contributed by atoms with E-state index in [9.17, 15) is 4.39 Å². The third kappa shape index (κ3) is 6.51. The molecule has 0 amide bonds. The zero-order valence-electron chi connectivity index (χ0n) is 11.9. The van der Waals surface area contributed by atoms with Crippen LogP contribution in [0.25, 0.3) is 0 Å². The first-order chi connectivity index (χ1) is 9.21. The molecule has 0 saturated carbocycles. The van der Waals surface area contributed by atoms with Crippen molar-refractivity contribution in [2.45, 2.75) is 33.4 Å². The Balaban J connectivity index is 0.00000361. The molecule has 4 nitrogen and oxygen atoms in total. The number of aliphatic hydroxyl groups excluding tert-OH is 1. The lowest BCUT2D eigenvalue weighted by Crippen LogP contribution is -2.37. The van der Waals surface area contributed by atoms with Gasteiger partial charge in [0.25, 0.3) is 0 Å². The standard InChI is InChI=1S/C14H22FN3O.HI/c1-3-7-17-14(16-4-2)18-9-11-5-6-13(15)12(8-11)10-19;/h5-6,8,19H,3-4,7,9-10H2,1-2H3,(H2,16,17,18);1H. The summed E-state index contributed by atoms with van der Waals surface area (Å²) in [7, 11) is 0. The fraction of sp³-hybridized carbons (Fsp3) is 0.500. The molecule has 6 heteroatoms. The zero-order valence-corrected chi connectivity index (χ0v) is 14.3. The van der Waals surface area contributed by atoms with E-state index in [4.69, 9.17) is 5.11 Å². The molecule has 0 saturated heterocycles. The number of nitrogens with zero attached hydrogens (tertiary/aromatic N) is 1. The molecular weight excluding hydrogens is 372 g/mol. The third-order valence-corrected chi connectivity index (χ3v) is 2.59. The molecule has 0 heterocycles. The van der Waals surface area contributed by atoms with Crippen LogP contribution in [0.2, 0.25) is 0 Å².